The molecule has 0 saturated heterocycles. The van der Waals surface area contributed by atoms with Crippen LogP contribution in [0.15, 0.2) is 18.7 Å². The Morgan fingerprint density at radius 3 is 2.68 bits per heavy atom. The van der Waals surface area contributed by atoms with Gasteiger partial charge in [-0.3, -0.25) is 9.36 Å². The monoisotopic (exact) mass is 262 g/mol. The van der Waals surface area contributed by atoms with Crippen molar-refractivity contribution in [1.29, 1.82) is 0 Å². The van der Waals surface area contributed by atoms with Crippen molar-refractivity contribution in [2.45, 2.75) is 39.3 Å². The Bertz CT molecular complexity index is 519. The Hall–Kier alpha value is -1.69. The first-order chi connectivity index (χ1) is 8.95. The third kappa shape index (κ3) is 3.89. The minimum atomic E-state index is 0.0378. The van der Waals surface area contributed by atoms with E-state index < -0.39 is 0 Å². The molecule has 2 rings (SSSR count). The first kappa shape index (κ1) is 13.7. The molecule has 0 fully saturated rings. The van der Waals surface area contributed by atoms with Crippen LogP contribution in [0.5, 0.6) is 0 Å². The Kier molecular flexibility index (Phi) is 3.99. The highest BCUT2D eigenvalue weighted by Crippen LogP contribution is 2.12. The lowest BCUT2D eigenvalue weighted by molar-refractivity contribution is 0.355. The molecule has 0 aliphatic rings. The van der Waals surface area contributed by atoms with Crippen LogP contribution in [0.1, 0.15) is 32.2 Å². The van der Waals surface area contributed by atoms with Crippen LogP contribution >= 0.6 is 0 Å². The van der Waals surface area contributed by atoms with Crippen molar-refractivity contribution in [3.8, 4) is 0 Å². The number of nitrogens with one attached hydrogen (secondary N) is 1. The largest absolute Gasteiger partial charge is 0.312 e. The zero-order chi connectivity index (χ0) is 13.9. The van der Waals surface area contributed by atoms with Crippen LogP contribution in [0.3, 0.4) is 0 Å². The van der Waals surface area contributed by atoms with E-state index in [1.165, 1.54) is 5.56 Å². The SMILES string of the molecule is Cn1cnc(CCNCc2cnn(C(C)(C)C)c2)n1. The van der Waals surface area contributed by atoms with E-state index in [2.05, 4.69) is 47.5 Å². The van der Waals surface area contributed by atoms with Crippen LogP contribution in [0.25, 0.3) is 0 Å². The van der Waals surface area contributed by atoms with Crippen LogP contribution in [-0.2, 0) is 25.6 Å². The molecule has 0 amide bonds. The molecule has 0 spiro atoms. The summed E-state index contributed by atoms with van der Waals surface area (Å²) in [6.07, 6.45) is 6.57. The molecule has 0 saturated carbocycles. The highest BCUT2D eigenvalue weighted by Gasteiger charge is 2.13. The quantitative estimate of drug-likeness (QED) is 0.820. The molecule has 0 unspecified atom stereocenters. The number of hydrogen-bond acceptors (Lipinski definition) is 4. The van der Waals surface area contributed by atoms with E-state index in [1.54, 1.807) is 11.0 Å². The van der Waals surface area contributed by atoms with Gasteiger partial charge in [-0.25, -0.2) is 4.98 Å². The maximum atomic E-state index is 4.38. The van der Waals surface area contributed by atoms with E-state index in [-0.39, 0.29) is 5.54 Å². The number of aromatic nitrogens is 5. The molecule has 2 heterocycles. The molecule has 6 heteroatoms. The topological polar surface area (TPSA) is 60.6 Å². The van der Waals surface area contributed by atoms with Crippen LogP contribution in [0.2, 0.25) is 0 Å². The molecule has 0 atom stereocenters. The third-order valence-electron chi connectivity index (χ3n) is 2.82. The lowest BCUT2D eigenvalue weighted by atomic mass is 10.1. The van der Waals surface area contributed by atoms with Gasteiger partial charge in [0, 0.05) is 38.3 Å². The summed E-state index contributed by atoms with van der Waals surface area (Å²) in [7, 11) is 1.88. The molecule has 6 nitrogen and oxygen atoms in total. The third-order valence-corrected chi connectivity index (χ3v) is 2.82. The standard InChI is InChI=1S/C13H22N6/c1-13(2,3)19-9-11(8-16-19)7-14-6-5-12-15-10-18(4)17-12/h8-10,14H,5-7H2,1-4H3. The zero-order valence-corrected chi connectivity index (χ0v) is 12.1. The van der Waals surface area contributed by atoms with Gasteiger partial charge in [-0.05, 0) is 20.8 Å². The van der Waals surface area contributed by atoms with E-state index in [0.717, 1.165) is 25.3 Å². The van der Waals surface area contributed by atoms with E-state index in [4.69, 9.17) is 0 Å². The average molecular weight is 262 g/mol. The Balaban J connectivity index is 1.75. The Labute approximate surface area is 113 Å². The Morgan fingerprint density at radius 2 is 2.11 bits per heavy atom. The van der Waals surface area contributed by atoms with Crippen LogP contribution in [0, 0.1) is 0 Å². The maximum Gasteiger partial charge on any atom is 0.151 e. The number of hydrogen-bond donors (Lipinski definition) is 1. The zero-order valence-electron chi connectivity index (χ0n) is 12.1. The molecule has 2 aromatic heterocycles. The van der Waals surface area contributed by atoms with E-state index >= 15 is 0 Å². The minimum Gasteiger partial charge on any atom is -0.312 e. The van der Waals surface area contributed by atoms with Gasteiger partial charge in [-0.15, -0.1) is 0 Å². The second-order valence-corrected chi connectivity index (χ2v) is 5.73. The molecule has 19 heavy (non-hydrogen) atoms. The molecule has 104 valence electrons. The number of rotatable bonds is 5. The molecule has 2 aromatic rings. The van der Waals surface area contributed by atoms with E-state index in [9.17, 15) is 0 Å². The van der Waals surface area contributed by atoms with E-state index in [1.807, 2.05) is 17.9 Å². The van der Waals surface area contributed by atoms with Crippen LogP contribution in [0.4, 0.5) is 0 Å². The minimum absolute atomic E-state index is 0.0378. The van der Waals surface area contributed by atoms with Crippen molar-refractivity contribution in [3.05, 3.63) is 30.1 Å². The fraction of sp³-hybridized carbons (Fsp3) is 0.615. The molecule has 0 bridgehead atoms. The summed E-state index contributed by atoms with van der Waals surface area (Å²) in [6.45, 7) is 8.12. The smallest absolute Gasteiger partial charge is 0.151 e. The second-order valence-electron chi connectivity index (χ2n) is 5.73. The van der Waals surface area contributed by atoms with Gasteiger partial charge in [0.05, 0.1) is 11.7 Å². The van der Waals surface area contributed by atoms with Crippen molar-refractivity contribution in [2.75, 3.05) is 6.54 Å². The van der Waals surface area contributed by atoms with Gasteiger partial charge < -0.3 is 5.32 Å². The van der Waals surface area contributed by atoms with Gasteiger partial charge in [-0.1, -0.05) is 0 Å². The molecule has 0 radical (unpaired) electrons. The van der Waals surface area contributed by atoms with Crippen LogP contribution < -0.4 is 5.32 Å². The van der Waals surface area contributed by atoms with Crippen LogP contribution in [-0.4, -0.2) is 31.1 Å². The highest BCUT2D eigenvalue weighted by atomic mass is 15.3. The van der Waals surface area contributed by atoms with E-state index in [0.29, 0.717) is 0 Å². The predicted molar refractivity (Wildman–Crippen MR) is 73.6 cm³/mol. The molecular formula is C13H22N6. The van der Waals surface area contributed by atoms with Gasteiger partial charge >= 0.3 is 0 Å². The summed E-state index contributed by atoms with van der Waals surface area (Å²) in [4.78, 5) is 4.19. The summed E-state index contributed by atoms with van der Waals surface area (Å²) < 4.78 is 3.72. The number of nitrogens with zero attached hydrogens (tertiary/aromatic N) is 5. The molecule has 1 N–H and O–H groups in total. The summed E-state index contributed by atoms with van der Waals surface area (Å²) in [5.74, 6) is 0.875. The van der Waals surface area contributed by atoms with Crippen molar-refractivity contribution >= 4 is 0 Å². The van der Waals surface area contributed by atoms with Gasteiger partial charge in [0.15, 0.2) is 5.82 Å². The lowest BCUT2D eigenvalue weighted by Crippen LogP contribution is -2.22. The predicted octanol–water partition coefficient (Wildman–Crippen LogP) is 1.10. The van der Waals surface area contributed by atoms with Crippen molar-refractivity contribution in [2.24, 2.45) is 7.05 Å². The summed E-state index contributed by atoms with van der Waals surface area (Å²) in [5, 5.41) is 12.0. The molecule has 0 aliphatic heterocycles. The first-order valence-electron chi connectivity index (χ1n) is 6.54. The van der Waals surface area contributed by atoms with Gasteiger partial charge in [-0.2, -0.15) is 10.2 Å². The first-order valence-corrected chi connectivity index (χ1v) is 6.54. The second kappa shape index (κ2) is 5.52. The fourth-order valence-electron chi connectivity index (χ4n) is 1.75. The van der Waals surface area contributed by atoms with Crippen molar-refractivity contribution < 1.29 is 0 Å². The molecule has 0 aromatic carbocycles. The normalized spacial score (nSPS) is 12.0. The van der Waals surface area contributed by atoms with Gasteiger partial charge in [0.25, 0.3) is 0 Å². The lowest BCUT2D eigenvalue weighted by Gasteiger charge is -2.18. The van der Waals surface area contributed by atoms with Gasteiger partial charge in [0.2, 0.25) is 0 Å². The summed E-state index contributed by atoms with van der Waals surface area (Å²) >= 11 is 0. The highest BCUT2D eigenvalue weighted by molar-refractivity contribution is 5.04. The summed E-state index contributed by atoms with van der Waals surface area (Å²) in [5.41, 5.74) is 1.24. The Morgan fingerprint density at radius 1 is 1.32 bits per heavy atom. The average Bonchev–Trinajstić information content (AvgIpc) is 2.93. The van der Waals surface area contributed by atoms with Gasteiger partial charge in [0.1, 0.15) is 6.33 Å². The fourth-order valence-corrected chi connectivity index (χ4v) is 1.75. The van der Waals surface area contributed by atoms with Crippen molar-refractivity contribution in [1.82, 2.24) is 29.9 Å². The number of aryl methyl sites for hydroxylation is 1. The summed E-state index contributed by atoms with van der Waals surface area (Å²) in [6, 6.07) is 0. The maximum absolute atomic E-state index is 4.38. The molecule has 0 aliphatic carbocycles. The molecular weight excluding hydrogens is 240 g/mol. The van der Waals surface area contributed by atoms with Crippen molar-refractivity contribution in [3.63, 3.8) is 0 Å².